The van der Waals surface area contributed by atoms with Gasteiger partial charge in [-0.2, -0.15) is 0 Å². The molecule has 0 unspecified atom stereocenters. The summed E-state index contributed by atoms with van der Waals surface area (Å²) in [5.41, 5.74) is 0.420. The predicted molar refractivity (Wildman–Crippen MR) is 73.5 cm³/mol. The van der Waals surface area contributed by atoms with Gasteiger partial charge < -0.3 is 10.6 Å². The van der Waals surface area contributed by atoms with Crippen molar-refractivity contribution >= 4 is 15.9 Å². The molecule has 1 heterocycles. The molecule has 2 rings (SSSR count). The molecule has 2 amide bonds. The van der Waals surface area contributed by atoms with Gasteiger partial charge in [0.05, 0.1) is 17.5 Å². The first-order valence-corrected chi connectivity index (χ1v) is 8.31. The maximum atomic E-state index is 13.1. The number of amides is 2. The highest BCUT2D eigenvalue weighted by atomic mass is 32.2. The Kier molecular flexibility index (Phi) is 4.46. The van der Waals surface area contributed by atoms with Crippen LogP contribution in [0.1, 0.15) is 24.9 Å². The number of carbonyl (C=O) groups is 1. The minimum Gasteiger partial charge on any atom is -0.334 e. The Morgan fingerprint density at radius 3 is 2.62 bits per heavy atom. The van der Waals surface area contributed by atoms with Crippen LogP contribution in [-0.4, -0.2) is 32.0 Å². The molecule has 0 saturated carbocycles. The summed E-state index contributed by atoms with van der Waals surface area (Å²) in [5, 5.41) is 5.13. The van der Waals surface area contributed by atoms with Crippen LogP contribution in [0.4, 0.5) is 13.6 Å². The second kappa shape index (κ2) is 5.97. The highest BCUT2D eigenvalue weighted by Crippen LogP contribution is 2.16. The summed E-state index contributed by atoms with van der Waals surface area (Å²) in [6.07, 6.45) is 0.384. The van der Waals surface area contributed by atoms with Crippen LogP contribution >= 0.6 is 0 Å². The third-order valence-corrected chi connectivity index (χ3v) is 5.13. The molecule has 1 aliphatic rings. The maximum Gasteiger partial charge on any atom is 0.315 e. The van der Waals surface area contributed by atoms with Crippen molar-refractivity contribution in [3.63, 3.8) is 0 Å². The van der Waals surface area contributed by atoms with E-state index in [9.17, 15) is 22.0 Å². The molecule has 2 N–H and O–H groups in total. The molecule has 0 radical (unpaired) electrons. The van der Waals surface area contributed by atoms with Crippen molar-refractivity contribution in [2.75, 3.05) is 11.5 Å². The zero-order valence-electron chi connectivity index (χ0n) is 11.4. The lowest BCUT2D eigenvalue weighted by molar-refractivity contribution is 0.235. The largest absolute Gasteiger partial charge is 0.334 e. The number of sulfone groups is 1. The topological polar surface area (TPSA) is 75.3 Å². The molecule has 21 heavy (non-hydrogen) atoms. The first-order chi connectivity index (χ1) is 9.77. The van der Waals surface area contributed by atoms with Gasteiger partial charge in [0.2, 0.25) is 0 Å². The van der Waals surface area contributed by atoms with Crippen LogP contribution in [0.25, 0.3) is 0 Å². The van der Waals surface area contributed by atoms with E-state index in [4.69, 9.17) is 0 Å². The average molecular weight is 318 g/mol. The summed E-state index contributed by atoms with van der Waals surface area (Å²) in [5.74, 6) is -1.94. The highest BCUT2D eigenvalue weighted by molar-refractivity contribution is 7.91. The second-order valence-electron chi connectivity index (χ2n) is 5.11. The Balaban J connectivity index is 1.91. The van der Waals surface area contributed by atoms with Crippen molar-refractivity contribution in [2.24, 2.45) is 0 Å². The Bertz CT molecular complexity index is 649. The van der Waals surface area contributed by atoms with Crippen LogP contribution < -0.4 is 10.6 Å². The summed E-state index contributed by atoms with van der Waals surface area (Å²) < 4.78 is 48.5. The number of nitrogens with one attached hydrogen (secondary N) is 2. The van der Waals surface area contributed by atoms with E-state index in [1.54, 1.807) is 6.92 Å². The van der Waals surface area contributed by atoms with E-state index in [0.29, 0.717) is 12.0 Å². The van der Waals surface area contributed by atoms with Crippen LogP contribution in [0, 0.1) is 11.6 Å². The summed E-state index contributed by atoms with van der Waals surface area (Å²) in [6.45, 7) is 1.62. The molecule has 5 nitrogen and oxygen atoms in total. The zero-order valence-corrected chi connectivity index (χ0v) is 12.2. The van der Waals surface area contributed by atoms with Crippen molar-refractivity contribution in [1.29, 1.82) is 0 Å². The van der Waals surface area contributed by atoms with Gasteiger partial charge in [-0.3, -0.25) is 0 Å². The highest BCUT2D eigenvalue weighted by Gasteiger charge is 2.29. The maximum absolute atomic E-state index is 13.1. The number of carbonyl (C=O) groups excluding carboxylic acids is 1. The summed E-state index contributed by atoms with van der Waals surface area (Å²) in [4.78, 5) is 11.8. The van der Waals surface area contributed by atoms with E-state index in [2.05, 4.69) is 10.6 Å². The Hall–Kier alpha value is -1.70. The normalized spacial score (nSPS) is 21.8. The van der Waals surface area contributed by atoms with E-state index >= 15 is 0 Å². The summed E-state index contributed by atoms with van der Waals surface area (Å²) >= 11 is 0. The van der Waals surface area contributed by atoms with Gasteiger partial charge in [-0.15, -0.1) is 0 Å². The molecule has 2 atom stereocenters. The third kappa shape index (κ3) is 4.13. The third-order valence-electron chi connectivity index (χ3n) is 3.36. The van der Waals surface area contributed by atoms with Gasteiger partial charge in [-0.25, -0.2) is 22.0 Å². The summed E-state index contributed by atoms with van der Waals surface area (Å²) in [6, 6.07) is 1.91. The predicted octanol–water partition coefficient (Wildman–Crippen LogP) is 1.51. The van der Waals surface area contributed by atoms with E-state index in [-0.39, 0.29) is 11.5 Å². The van der Waals surface area contributed by atoms with Crippen LogP contribution in [0.2, 0.25) is 0 Å². The Morgan fingerprint density at radius 2 is 2.05 bits per heavy atom. The second-order valence-corrected chi connectivity index (χ2v) is 7.34. The van der Waals surface area contributed by atoms with Crippen LogP contribution in [0.3, 0.4) is 0 Å². The van der Waals surface area contributed by atoms with E-state index < -0.39 is 39.6 Å². The van der Waals surface area contributed by atoms with E-state index in [1.807, 2.05) is 0 Å². The van der Waals surface area contributed by atoms with Crippen molar-refractivity contribution in [2.45, 2.75) is 25.4 Å². The summed E-state index contributed by atoms with van der Waals surface area (Å²) in [7, 11) is -3.07. The minimum atomic E-state index is -3.07. The molecule has 116 valence electrons. The number of rotatable bonds is 3. The molecule has 1 aromatic carbocycles. The van der Waals surface area contributed by atoms with Gasteiger partial charge >= 0.3 is 6.03 Å². The molecule has 8 heteroatoms. The number of urea groups is 1. The van der Waals surface area contributed by atoms with Crippen LogP contribution in [0.15, 0.2) is 18.2 Å². The molecule has 0 bridgehead atoms. The van der Waals surface area contributed by atoms with Gasteiger partial charge in [0.1, 0.15) is 0 Å². The van der Waals surface area contributed by atoms with Gasteiger partial charge in [0.25, 0.3) is 0 Å². The van der Waals surface area contributed by atoms with Crippen molar-refractivity contribution < 1.29 is 22.0 Å². The fourth-order valence-corrected chi connectivity index (χ4v) is 3.87. The molecule has 0 spiro atoms. The fraction of sp³-hybridized carbons (Fsp3) is 0.462. The van der Waals surface area contributed by atoms with Crippen LogP contribution in [-0.2, 0) is 9.84 Å². The lowest BCUT2D eigenvalue weighted by atomic mass is 10.1. The number of benzene rings is 1. The SMILES string of the molecule is C[C@H](NC(=O)N[C@H]1CCS(=O)(=O)C1)c1ccc(F)c(F)c1. The smallest absolute Gasteiger partial charge is 0.315 e. The number of hydrogen-bond donors (Lipinski definition) is 2. The van der Waals surface area contributed by atoms with Crippen LogP contribution in [0.5, 0.6) is 0 Å². The number of hydrogen-bond acceptors (Lipinski definition) is 3. The van der Waals surface area contributed by atoms with Gasteiger partial charge in [-0.1, -0.05) is 6.07 Å². The van der Waals surface area contributed by atoms with Crippen molar-refractivity contribution in [3.05, 3.63) is 35.4 Å². The lowest BCUT2D eigenvalue weighted by Crippen LogP contribution is -2.43. The quantitative estimate of drug-likeness (QED) is 0.887. The zero-order chi connectivity index (χ0) is 15.6. The van der Waals surface area contributed by atoms with Crippen molar-refractivity contribution in [3.8, 4) is 0 Å². The number of halogens is 2. The first-order valence-electron chi connectivity index (χ1n) is 6.49. The monoisotopic (exact) mass is 318 g/mol. The van der Waals surface area contributed by atoms with Gasteiger partial charge in [0.15, 0.2) is 21.5 Å². The molecular weight excluding hydrogens is 302 g/mol. The molecule has 1 aliphatic heterocycles. The van der Waals surface area contributed by atoms with E-state index in [1.165, 1.54) is 6.07 Å². The molecule has 1 saturated heterocycles. The Morgan fingerprint density at radius 1 is 1.33 bits per heavy atom. The van der Waals surface area contributed by atoms with E-state index in [0.717, 1.165) is 12.1 Å². The molecular formula is C13H16F2N2O3S. The Labute approximate surface area is 121 Å². The average Bonchev–Trinajstić information content (AvgIpc) is 2.71. The van der Waals surface area contributed by atoms with Gasteiger partial charge in [0, 0.05) is 6.04 Å². The molecule has 1 fully saturated rings. The first kappa shape index (κ1) is 15.7. The van der Waals surface area contributed by atoms with Crippen molar-refractivity contribution in [1.82, 2.24) is 10.6 Å². The van der Waals surface area contributed by atoms with Gasteiger partial charge in [-0.05, 0) is 31.0 Å². The fourth-order valence-electron chi connectivity index (χ4n) is 2.20. The molecule has 0 aromatic heterocycles. The molecule has 1 aromatic rings. The minimum absolute atomic E-state index is 0.0661. The standard InChI is InChI=1S/C13H16F2N2O3S/c1-8(9-2-3-11(14)12(15)6-9)16-13(18)17-10-4-5-21(19,20)7-10/h2-3,6,8,10H,4-5,7H2,1H3,(H2,16,17,18)/t8-,10-/m0/s1. The lowest BCUT2D eigenvalue weighted by Gasteiger charge is -2.17. The molecule has 0 aliphatic carbocycles.